The second kappa shape index (κ2) is 6.40. The molecule has 1 aromatic carbocycles. The van der Waals surface area contributed by atoms with Gasteiger partial charge in [0.2, 0.25) is 0 Å². The summed E-state index contributed by atoms with van der Waals surface area (Å²) in [4.78, 5) is 3.68. The molecule has 0 bridgehead atoms. The third-order valence-corrected chi connectivity index (χ3v) is 3.00. The summed E-state index contributed by atoms with van der Waals surface area (Å²) in [6.45, 7) is 0. The van der Waals surface area contributed by atoms with Gasteiger partial charge >= 0.3 is 6.18 Å². The summed E-state index contributed by atoms with van der Waals surface area (Å²) < 4.78 is 42.5. The first-order chi connectivity index (χ1) is 10.8. The molecule has 4 nitrogen and oxygen atoms in total. The Balaban J connectivity index is 2.38. The highest BCUT2D eigenvalue weighted by Gasteiger charge is 2.30. The number of halogens is 3. The van der Waals surface area contributed by atoms with Gasteiger partial charge in [-0.25, -0.2) is 0 Å². The number of phenols is 1. The molecule has 0 aliphatic carbocycles. The Labute approximate surface area is 130 Å². The molecular weight excluding hydrogens is 309 g/mol. The summed E-state index contributed by atoms with van der Waals surface area (Å²) in [6, 6.07) is 8.32. The van der Waals surface area contributed by atoms with E-state index in [1.54, 1.807) is 6.07 Å². The SMILES string of the molecule is COc1cc(/C=C(\C#N)c2ccc(C(F)(F)F)cn2)ccc1O. The normalized spacial score (nSPS) is 11.9. The molecule has 0 radical (unpaired) electrons. The molecule has 0 amide bonds. The van der Waals surface area contributed by atoms with Crippen molar-refractivity contribution in [1.29, 1.82) is 5.26 Å². The number of alkyl halides is 3. The fourth-order valence-corrected chi connectivity index (χ4v) is 1.84. The van der Waals surface area contributed by atoms with Gasteiger partial charge in [-0.05, 0) is 35.9 Å². The Morgan fingerprint density at radius 3 is 2.57 bits per heavy atom. The predicted molar refractivity (Wildman–Crippen MR) is 77.4 cm³/mol. The molecule has 0 unspecified atom stereocenters. The zero-order chi connectivity index (χ0) is 17.0. The number of rotatable bonds is 3. The van der Waals surface area contributed by atoms with Crippen molar-refractivity contribution in [3.05, 3.63) is 53.3 Å². The molecule has 0 fully saturated rings. The van der Waals surface area contributed by atoms with Gasteiger partial charge in [0, 0.05) is 6.20 Å². The molecule has 2 rings (SSSR count). The van der Waals surface area contributed by atoms with Crippen molar-refractivity contribution in [2.45, 2.75) is 6.18 Å². The topological polar surface area (TPSA) is 66.1 Å². The molecule has 0 aliphatic rings. The number of methoxy groups -OCH3 is 1. The fraction of sp³-hybridized carbons (Fsp3) is 0.125. The van der Waals surface area contributed by atoms with Gasteiger partial charge < -0.3 is 9.84 Å². The molecule has 23 heavy (non-hydrogen) atoms. The molecule has 1 aromatic heterocycles. The van der Waals surface area contributed by atoms with Crippen molar-refractivity contribution < 1.29 is 23.0 Å². The summed E-state index contributed by atoms with van der Waals surface area (Å²) in [6.07, 6.45) is -2.36. The highest BCUT2D eigenvalue weighted by molar-refractivity contribution is 5.88. The zero-order valence-electron chi connectivity index (χ0n) is 11.9. The van der Waals surface area contributed by atoms with Gasteiger partial charge in [-0.15, -0.1) is 0 Å². The van der Waals surface area contributed by atoms with E-state index in [0.29, 0.717) is 11.8 Å². The van der Waals surface area contributed by atoms with Gasteiger partial charge in [0.1, 0.15) is 6.07 Å². The molecule has 118 valence electrons. The smallest absolute Gasteiger partial charge is 0.417 e. The molecule has 0 atom stereocenters. The second-order valence-electron chi connectivity index (χ2n) is 4.53. The number of nitrogens with zero attached hydrogens (tertiary/aromatic N) is 2. The minimum absolute atomic E-state index is 0.0594. The van der Waals surface area contributed by atoms with E-state index in [4.69, 9.17) is 4.74 Å². The Kier molecular flexibility index (Phi) is 4.55. The lowest BCUT2D eigenvalue weighted by atomic mass is 10.1. The minimum atomic E-state index is -4.48. The van der Waals surface area contributed by atoms with Crippen molar-refractivity contribution in [3.63, 3.8) is 0 Å². The van der Waals surface area contributed by atoms with Crippen LogP contribution >= 0.6 is 0 Å². The van der Waals surface area contributed by atoms with Crippen LogP contribution in [0.3, 0.4) is 0 Å². The van der Waals surface area contributed by atoms with Crippen LogP contribution in [0, 0.1) is 11.3 Å². The number of phenolic OH excluding ortho intramolecular Hbond substituents is 1. The van der Waals surface area contributed by atoms with Crippen molar-refractivity contribution in [2.75, 3.05) is 7.11 Å². The molecule has 2 aromatic rings. The van der Waals surface area contributed by atoms with Crippen molar-refractivity contribution in [2.24, 2.45) is 0 Å². The molecule has 0 saturated heterocycles. The van der Waals surface area contributed by atoms with Crippen LogP contribution in [0.15, 0.2) is 36.5 Å². The maximum absolute atomic E-state index is 12.5. The summed E-state index contributed by atoms with van der Waals surface area (Å²) in [7, 11) is 1.38. The number of benzene rings is 1. The lowest BCUT2D eigenvalue weighted by Gasteiger charge is -2.07. The average molecular weight is 320 g/mol. The molecule has 7 heteroatoms. The highest BCUT2D eigenvalue weighted by Crippen LogP contribution is 2.30. The number of pyridine rings is 1. The highest BCUT2D eigenvalue weighted by atomic mass is 19.4. The summed E-state index contributed by atoms with van der Waals surface area (Å²) in [5.74, 6) is 0.159. The van der Waals surface area contributed by atoms with Crippen LogP contribution in [-0.4, -0.2) is 17.2 Å². The number of hydrogen-bond donors (Lipinski definition) is 1. The Bertz CT molecular complexity index is 775. The minimum Gasteiger partial charge on any atom is -0.504 e. The van der Waals surface area contributed by atoms with Crippen LogP contribution in [0.5, 0.6) is 11.5 Å². The van der Waals surface area contributed by atoms with E-state index in [1.165, 1.54) is 25.3 Å². The van der Waals surface area contributed by atoms with E-state index in [-0.39, 0.29) is 22.8 Å². The summed E-state index contributed by atoms with van der Waals surface area (Å²) in [5.41, 5.74) is -0.137. The van der Waals surface area contributed by atoms with E-state index in [0.717, 1.165) is 12.1 Å². The van der Waals surface area contributed by atoms with Gasteiger partial charge in [-0.3, -0.25) is 4.98 Å². The van der Waals surface area contributed by atoms with Gasteiger partial charge in [0.25, 0.3) is 0 Å². The van der Waals surface area contributed by atoms with Gasteiger partial charge in [-0.2, -0.15) is 18.4 Å². The van der Waals surface area contributed by atoms with E-state index < -0.39 is 11.7 Å². The van der Waals surface area contributed by atoms with E-state index in [9.17, 15) is 23.5 Å². The van der Waals surface area contributed by atoms with E-state index in [1.807, 2.05) is 6.07 Å². The standard InChI is InChI=1S/C16H11F3N2O2/c1-23-15-7-10(2-5-14(15)22)6-11(8-20)13-4-3-12(9-21-13)16(17,18)19/h2-7,9,22H,1H3/b11-6+. The molecule has 0 spiro atoms. The largest absolute Gasteiger partial charge is 0.504 e. The number of allylic oxidation sites excluding steroid dienone is 1. The third-order valence-electron chi connectivity index (χ3n) is 3.00. The van der Waals surface area contributed by atoms with Crippen LogP contribution in [0.4, 0.5) is 13.2 Å². The number of nitriles is 1. The lowest BCUT2D eigenvalue weighted by Crippen LogP contribution is -2.05. The predicted octanol–water partition coefficient (Wildman–Crippen LogP) is 3.88. The van der Waals surface area contributed by atoms with Gasteiger partial charge in [-0.1, -0.05) is 6.07 Å². The number of hydrogen-bond acceptors (Lipinski definition) is 4. The number of aromatic nitrogens is 1. The molecule has 1 N–H and O–H groups in total. The zero-order valence-corrected chi connectivity index (χ0v) is 11.9. The lowest BCUT2D eigenvalue weighted by molar-refractivity contribution is -0.137. The van der Waals surface area contributed by atoms with Crippen molar-refractivity contribution in [3.8, 4) is 17.6 Å². The maximum Gasteiger partial charge on any atom is 0.417 e. The van der Waals surface area contributed by atoms with E-state index in [2.05, 4.69) is 4.98 Å². The molecule has 0 aliphatic heterocycles. The first-order valence-electron chi connectivity index (χ1n) is 6.37. The van der Waals surface area contributed by atoms with Gasteiger partial charge in [0.15, 0.2) is 11.5 Å². The monoisotopic (exact) mass is 320 g/mol. The van der Waals surface area contributed by atoms with Crippen LogP contribution in [0.1, 0.15) is 16.8 Å². The van der Waals surface area contributed by atoms with Crippen molar-refractivity contribution >= 4 is 11.6 Å². The third kappa shape index (κ3) is 3.80. The van der Waals surface area contributed by atoms with Crippen LogP contribution < -0.4 is 4.74 Å². The average Bonchev–Trinajstić information content (AvgIpc) is 2.53. The Hall–Kier alpha value is -3.01. The quantitative estimate of drug-likeness (QED) is 0.872. The summed E-state index contributed by atoms with van der Waals surface area (Å²) >= 11 is 0. The first-order valence-corrected chi connectivity index (χ1v) is 6.37. The molecule has 1 heterocycles. The van der Waals surface area contributed by atoms with Crippen LogP contribution in [0.25, 0.3) is 11.6 Å². The number of ether oxygens (including phenoxy) is 1. The Morgan fingerprint density at radius 1 is 1.30 bits per heavy atom. The fourth-order valence-electron chi connectivity index (χ4n) is 1.84. The molecular formula is C16H11F3N2O2. The molecule has 0 saturated carbocycles. The van der Waals surface area contributed by atoms with Crippen molar-refractivity contribution in [1.82, 2.24) is 4.98 Å². The van der Waals surface area contributed by atoms with Crippen LogP contribution in [0.2, 0.25) is 0 Å². The Morgan fingerprint density at radius 2 is 2.04 bits per heavy atom. The van der Waals surface area contributed by atoms with Gasteiger partial charge in [0.05, 0.1) is 23.9 Å². The van der Waals surface area contributed by atoms with Crippen LogP contribution in [-0.2, 0) is 6.18 Å². The maximum atomic E-state index is 12.5. The number of aromatic hydroxyl groups is 1. The first kappa shape index (κ1) is 16.4. The van der Waals surface area contributed by atoms with E-state index >= 15 is 0 Å². The summed E-state index contributed by atoms with van der Waals surface area (Å²) in [5, 5.41) is 18.7. The second-order valence-corrected chi connectivity index (χ2v) is 4.53.